The molecule has 196 valence electrons. The Labute approximate surface area is 224 Å². The topological polar surface area (TPSA) is 76.7 Å². The molecule has 2 amide bonds. The van der Waals surface area contributed by atoms with Crippen molar-refractivity contribution < 1.29 is 19.1 Å². The van der Waals surface area contributed by atoms with E-state index in [0.717, 1.165) is 23.6 Å². The summed E-state index contributed by atoms with van der Waals surface area (Å²) in [7, 11) is 0. The summed E-state index contributed by atoms with van der Waals surface area (Å²) in [6, 6.07) is 25.6. The molecule has 0 bridgehead atoms. The second-order valence-electron chi connectivity index (χ2n) is 9.34. The SMILES string of the molecule is CCC(C)Oc1cccc(C(=O)Nc2cccc3c(NC(=O)c4cccc(OC(C)CC)c4)cccc23)c1. The summed E-state index contributed by atoms with van der Waals surface area (Å²) in [6.45, 7) is 8.10. The van der Waals surface area contributed by atoms with Gasteiger partial charge in [-0.05, 0) is 75.2 Å². The predicted octanol–water partition coefficient (Wildman–Crippen LogP) is 7.70. The summed E-state index contributed by atoms with van der Waals surface area (Å²) in [5.74, 6) is 0.849. The fraction of sp³-hybridized carbons (Fsp3) is 0.250. The van der Waals surface area contributed by atoms with Gasteiger partial charge in [0.05, 0.1) is 12.2 Å². The van der Waals surface area contributed by atoms with Crippen LogP contribution in [0.4, 0.5) is 11.4 Å². The molecule has 2 atom stereocenters. The molecule has 2 N–H and O–H groups in total. The number of fused-ring (bicyclic) bond motifs is 1. The molecule has 0 aromatic heterocycles. The van der Waals surface area contributed by atoms with Crippen LogP contribution < -0.4 is 20.1 Å². The lowest BCUT2D eigenvalue weighted by atomic mass is 10.1. The number of amides is 2. The van der Waals surface area contributed by atoms with Crippen molar-refractivity contribution in [2.24, 2.45) is 0 Å². The van der Waals surface area contributed by atoms with Gasteiger partial charge < -0.3 is 20.1 Å². The Hall–Kier alpha value is -4.32. The average Bonchev–Trinajstić information content (AvgIpc) is 2.93. The number of hydrogen-bond acceptors (Lipinski definition) is 4. The van der Waals surface area contributed by atoms with Gasteiger partial charge in [0, 0.05) is 33.3 Å². The van der Waals surface area contributed by atoms with Gasteiger partial charge in [-0.3, -0.25) is 9.59 Å². The molecule has 4 aromatic rings. The quantitative estimate of drug-likeness (QED) is 0.229. The van der Waals surface area contributed by atoms with Crippen LogP contribution in [0.15, 0.2) is 84.9 Å². The molecule has 0 spiro atoms. The van der Waals surface area contributed by atoms with Gasteiger partial charge in [0.2, 0.25) is 0 Å². The first-order chi connectivity index (χ1) is 18.4. The minimum atomic E-state index is -0.236. The summed E-state index contributed by atoms with van der Waals surface area (Å²) in [4.78, 5) is 26.2. The van der Waals surface area contributed by atoms with Crippen molar-refractivity contribution in [2.45, 2.75) is 52.7 Å². The van der Waals surface area contributed by atoms with Gasteiger partial charge in [-0.2, -0.15) is 0 Å². The Bertz CT molecular complexity index is 1320. The average molecular weight is 511 g/mol. The Morgan fingerprint density at radius 2 is 1.03 bits per heavy atom. The van der Waals surface area contributed by atoms with Crippen molar-refractivity contribution in [3.8, 4) is 11.5 Å². The highest BCUT2D eigenvalue weighted by Crippen LogP contribution is 2.30. The van der Waals surface area contributed by atoms with Crippen LogP contribution in [0.1, 0.15) is 61.3 Å². The third-order valence-corrected chi connectivity index (χ3v) is 6.44. The summed E-state index contributed by atoms with van der Waals surface area (Å²) in [5, 5.41) is 7.67. The Morgan fingerprint density at radius 1 is 0.632 bits per heavy atom. The van der Waals surface area contributed by atoms with Gasteiger partial charge in [0.1, 0.15) is 11.5 Å². The molecule has 6 nitrogen and oxygen atoms in total. The number of hydrogen-bond donors (Lipinski definition) is 2. The van der Waals surface area contributed by atoms with Crippen molar-refractivity contribution in [1.29, 1.82) is 0 Å². The standard InChI is InChI=1S/C32H34N2O4/c1-5-21(3)37-25-13-7-11-23(19-25)31(35)33-29-17-9-16-28-27(29)15-10-18-30(28)34-32(36)24-12-8-14-26(20-24)38-22(4)6-2/h7-22H,5-6H2,1-4H3,(H,33,35)(H,34,36). The number of ether oxygens (including phenoxy) is 2. The Balaban J connectivity index is 1.54. The first-order valence-electron chi connectivity index (χ1n) is 13.1. The van der Waals surface area contributed by atoms with Gasteiger partial charge in [0.25, 0.3) is 11.8 Å². The van der Waals surface area contributed by atoms with Gasteiger partial charge in [0.15, 0.2) is 0 Å². The van der Waals surface area contributed by atoms with E-state index in [2.05, 4.69) is 24.5 Å². The Morgan fingerprint density at radius 3 is 1.42 bits per heavy atom. The number of benzene rings is 4. The van der Waals surface area contributed by atoms with Crippen molar-refractivity contribution in [2.75, 3.05) is 10.6 Å². The van der Waals surface area contributed by atoms with E-state index < -0.39 is 0 Å². The van der Waals surface area contributed by atoms with Crippen molar-refractivity contribution in [3.63, 3.8) is 0 Å². The van der Waals surface area contributed by atoms with E-state index in [9.17, 15) is 9.59 Å². The number of carbonyl (C=O) groups excluding carboxylic acids is 2. The fourth-order valence-corrected chi connectivity index (χ4v) is 3.97. The highest BCUT2D eigenvalue weighted by atomic mass is 16.5. The van der Waals surface area contributed by atoms with Crippen LogP contribution in [0.5, 0.6) is 11.5 Å². The molecule has 0 aliphatic rings. The monoisotopic (exact) mass is 510 g/mol. The van der Waals surface area contributed by atoms with Crippen LogP contribution in [0.25, 0.3) is 10.8 Å². The van der Waals surface area contributed by atoms with Crippen LogP contribution in [-0.2, 0) is 0 Å². The zero-order chi connectivity index (χ0) is 27.1. The number of carbonyl (C=O) groups is 2. The predicted molar refractivity (Wildman–Crippen MR) is 154 cm³/mol. The highest BCUT2D eigenvalue weighted by Gasteiger charge is 2.14. The van der Waals surface area contributed by atoms with Crippen LogP contribution >= 0.6 is 0 Å². The van der Waals surface area contributed by atoms with E-state index in [0.29, 0.717) is 34.0 Å². The number of nitrogens with one attached hydrogen (secondary N) is 2. The lowest BCUT2D eigenvalue weighted by Crippen LogP contribution is -2.14. The first kappa shape index (κ1) is 26.7. The largest absolute Gasteiger partial charge is 0.491 e. The summed E-state index contributed by atoms with van der Waals surface area (Å²) < 4.78 is 11.7. The Kier molecular flexibility index (Phi) is 8.64. The van der Waals surface area contributed by atoms with E-state index in [1.54, 1.807) is 24.3 Å². The maximum atomic E-state index is 13.1. The summed E-state index contributed by atoms with van der Waals surface area (Å²) in [6.07, 6.45) is 1.88. The number of anilines is 2. The van der Waals surface area contributed by atoms with E-state index in [4.69, 9.17) is 9.47 Å². The molecular formula is C32H34N2O4. The lowest BCUT2D eigenvalue weighted by Gasteiger charge is -2.15. The van der Waals surface area contributed by atoms with E-state index in [1.807, 2.05) is 74.5 Å². The molecule has 0 heterocycles. The molecule has 0 radical (unpaired) electrons. The van der Waals surface area contributed by atoms with Crippen molar-refractivity contribution in [1.82, 2.24) is 0 Å². The van der Waals surface area contributed by atoms with Crippen LogP contribution in [0.2, 0.25) is 0 Å². The third-order valence-electron chi connectivity index (χ3n) is 6.44. The molecule has 4 rings (SSSR count). The molecule has 0 aliphatic heterocycles. The van der Waals surface area contributed by atoms with Crippen molar-refractivity contribution in [3.05, 3.63) is 96.1 Å². The minimum Gasteiger partial charge on any atom is -0.491 e. The molecule has 0 fully saturated rings. The summed E-state index contributed by atoms with van der Waals surface area (Å²) >= 11 is 0. The van der Waals surface area contributed by atoms with Gasteiger partial charge in [-0.15, -0.1) is 0 Å². The van der Waals surface area contributed by atoms with Crippen LogP contribution in [0.3, 0.4) is 0 Å². The zero-order valence-corrected chi connectivity index (χ0v) is 22.3. The van der Waals surface area contributed by atoms with E-state index in [1.165, 1.54) is 0 Å². The van der Waals surface area contributed by atoms with Gasteiger partial charge in [-0.25, -0.2) is 0 Å². The number of rotatable bonds is 10. The molecular weight excluding hydrogens is 476 g/mol. The zero-order valence-electron chi connectivity index (χ0n) is 22.3. The maximum Gasteiger partial charge on any atom is 0.255 e. The molecule has 4 aromatic carbocycles. The van der Waals surface area contributed by atoms with E-state index >= 15 is 0 Å². The fourth-order valence-electron chi connectivity index (χ4n) is 3.97. The highest BCUT2D eigenvalue weighted by molar-refractivity contribution is 6.14. The molecule has 38 heavy (non-hydrogen) atoms. The van der Waals surface area contributed by atoms with E-state index in [-0.39, 0.29) is 24.0 Å². The lowest BCUT2D eigenvalue weighted by molar-refractivity contribution is 0.101. The third kappa shape index (κ3) is 6.51. The van der Waals surface area contributed by atoms with Gasteiger partial charge in [-0.1, -0.05) is 50.2 Å². The van der Waals surface area contributed by atoms with Crippen LogP contribution in [-0.4, -0.2) is 24.0 Å². The smallest absolute Gasteiger partial charge is 0.255 e. The molecule has 6 heteroatoms. The van der Waals surface area contributed by atoms with Crippen molar-refractivity contribution >= 4 is 34.0 Å². The first-order valence-corrected chi connectivity index (χ1v) is 13.1. The summed E-state index contributed by atoms with van der Waals surface area (Å²) in [5.41, 5.74) is 2.32. The molecule has 0 saturated heterocycles. The minimum absolute atomic E-state index is 0.0647. The van der Waals surface area contributed by atoms with Crippen LogP contribution in [0, 0.1) is 0 Å². The second kappa shape index (κ2) is 12.3. The molecule has 2 unspecified atom stereocenters. The maximum absolute atomic E-state index is 13.1. The molecule has 0 aliphatic carbocycles. The molecule has 0 saturated carbocycles. The normalized spacial score (nSPS) is 12.4. The van der Waals surface area contributed by atoms with Gasteiger partial charge >= 0.3 is 0 Å². The second-order valence-corrected chi connectivity index (χ2v) is 9.34.